The zero-order valence-corrected chi connectivity index (χ0v) is 9.04. The van der Waals surface area contributed by atoms with Crippen molar-refractivity contribution in [2.75, 3.05) is 20.1 Å². The molecule has 2 bridgehead atoms. The molecule has 0 aromatic carbocycles. The average Bonchev–Trinajstić information content (AvgIpc) is 2.18. The molecule has 3 N–H and O–H groups in total. The lowest BCUT2D eigenvalue weighted by atomic mass is 9.90. The van der Waals surface area contributed by atoms with Crippen molar-refractivity contribution in [2.45, 2.75) is 18.5 Å². The van der Waals surface area contributed by atoms with Gasteiger partial charge in [-0.25, -0.2) is 4.79 Å². The third kappa shape index (κ3) is 1.27. The monoisotopic (exact) mass is 222 g/mol. The van der Waals surface area contributed by atoms with Crippen LogP contribution in [-0.4, -0.2) is 41.0 Å². The number of H-pyrrole nitrogens is 2. The Bertz CT molecular complexity index is 532. The number of aromatic nitrogens is 2. The second-order valence-corrected chi connectivity index (χ2v) is 4.50. The van der Waals surface area contributed by atoms with E-state index in [-0.39, 0.29) is 11.6 Å². The molecule has 1 aromatic heterocycles. The summed E-state index contributed by atoms with van der Waals surface area (Å²) < 4.78 is 0. The minimum atomic E-state index is -0.403. The first-order valence-corrected chi connectivity index (χ1v) is 5.45. The van der Waals surface area contributed by atoms with Gasteiger partial charge in [0.1, 0.15) is 0 Å². The molecule has 1 aromatic rings. The molecule has 0 amide bonds. The first-order chi connectivity index (χ1) is 7.66. The normalized spacial score (nSPS) is 28.8. The second kappa shape index (κ2) is 3.29. The van der Waals surface area contributed by atoms with Crippen LogP contribution in [0.2, 0.25) is 0 Å². The Morgan fingerprint density at radius 1 is 1.25 bits per heavy atom. The van der Waals surface area contributed by atoms with Gasteiger partial charge in [0.05, 0.1) is 11.6 Å². The number of hydrogen-bond donors (Lipinski definition) is 3. The van der Waals surface area contributed by atoms with Crippen molar-refractivity contribution in [3.63, 3.8) is 0 Å². The predicted molar refractivity (Wildman–Crippen MR) is 58.5 cm³/mol. The van der Waals surface area contributed by atoms with Crippen molar-refractivity contribution in [3.8, 4) is 0 Å². The Morgan fingerprint density at radius 3 is 2.88 bits per heavy atom. The largest absolute Gasteiger partial charge is 0.325 e. The average molecular weight is 222 g/mol. The number of piperazine rings is 1. The van der Waals surface area contributed by atoms with Gasteiger partial charge >= 0.3 is 5.69 Å². The van der Waals surface area contributed by atoms with E-state index in [9.17, 15) is 9.59 Å². The molecular weight excluding hydrogens is 208 g/mol. The third-order valence-corrected chi connectivity index (χ3v) is 3.62. The van der Waals surface area contributed by atoms with E-state index in [0.717, 1.165) is 25.2 Å². The smallest absolute Gasteiger partial charge is 0.313 e. The van der Waals surface area contributed by atoms with Crippen molar-refractivity contribution in [2.24, 2.45) is 0 Å². The number of nitrogens with one attached hydrogen (secondary N) is 3. The van der Waals surface area contributed by atoms with Crippen molar-refractivity contribution < 1.29 is 0 Å². The Labute approximate surface area is 91.7 Å². The van der Waals surface area contributed by atoms with Gasteiger partial charge in [0, 0.05) is 31.2 Å². The molecule has 0 saturated carbocycles. The lowest BCUT2D eigenvalue weighted by Gasteiger charge is -2.44. The summed E-state index contributed by atoms with van der Waals surface area (Å²) in [7, 11) is 2.03. The second-order valence-electron chi connectivity index (χ2n) is 4.50. The van der Waals surface area contributed by atoms with E-state index < -0.39 is 5.69 Å². The van der Waals surface area contributed by atoms with Gasteiger partial charge in [-0.3, -0.25) is 14.7 Å². The van der Waals surface area contributed by atoms with E-state index in [1.807, 2.05) is 7.05 Å². The molecule has 1 saturated heterocycles. The summed E-state index contributed by atoms with van der Waals surface area (Å²) in [6.07, 6.45) is 0.731. The van der Waals surface area contributed by atoms with E-state index in [1.54, 1.807) is 0 Å². The zero-order valence-electron chi connectivity index (χ0n) is 9.04. The van der Waals surface area contributed by atoms with Crippen LogP contribution < -0.4 is 16.6 Å². The van der Waals surface area contributed by atoms with Gasteiger partial charge in [0.15, 0.2) is 0 Å². The maximum Gasteiger partial charge on any atom is 0.325 e. The minimum absolute atomic E-state index is 0.0723. The Balaban J connectivity index is 2.22. The van der Waals surface area contributed by atoms with Crippen LogP contribution in [0, 0.1) is 0 Å². The third-order valence-electron chi connectivity index (χ3n) is 3.62. The van der Waals surface area contributed by atoms with Crippen LogP contribution >= 0.6 is 0 Å². The van der Waals surface area contributed by atoms with Crippen LogP contribution in [0.15, 0.2) is 9.59 Å². The zero-order chi connectivity index (χ0) is 11.3. The van der Waals surface area contributed by atoms with Crippen molar-refractivity contribution in [1.82, 2.24) is 20.2 Å². The maximum atomic E-state index is 11.8. The molecule has 2 unspecified atom stereocenters. The van der Waals surface area contributed by atoms with Crippen LogP contribution in [0.4, 0.5) is 0 Å². The standard InChI is InChI=1S/C10H14N4O2/c1-14-5-2-6-8(7(14)4-11-3-5)9(15)13-10(16)12-6/h5,7,11H,2-4H2,1H3,(H2,12,13,15,16). The molecule has 3 rings (SSSR count). The SMILES string of the molecule is CN1C2CNCC1c1c([nH]c(=O)[nH]c1=O)C2. The molecule has 3 heterocycles. The van der Waals surface area contributed by atoms with Gasteiger partial charge in [-0.05, 0) is 7.05 Å². The molecule has 6 nitrogen and oxygen atoms in total. The highest BCUT2D eigenvalue weighted by Gasteiger charge is 2.37. The van der Waals surface area contributed by atoms with E-state index in [1.165, 1.54) is 0 Å². The molecule has 86 valence electrons. The fourth-order valence-electron chi connectivity index (χ4n) is 2.74. The van der Waals surface area contributed by atoms with Crippen molar-refractivity contribution >= 4 is 0 Å². The van der Waals surface area contributed by atoms with Crippen LogP contribution in [0.3, 0.4) is 0 Å². The number of rotatable bonds is 0. The van der Waals surface area contributed by atoms with Gasteiger partial charge in [-0.2, -0.15) is 0 Å². The van der Waals surface area contributed by atoms with E-state index >= 15 is 0 Å². The first kappa shape index (κ1) is 9.80. The highest BCUT2D eigenvalue weighted by Crippen LogP contribution is 2.29. The van der Waals surface area contributed by atoms with E-state index in [2.05, 4.69) is 20.2 Å². The Kier molecular flexibility index (Phi) is 2.02. The Hall–Kier alpha value is -1.40. The number of fused-ring (bicyclic) bond motifs is 4. The lowest BCUT2D eigenvalue weighted by molar-refractivity contribution is 0.111. The van der Waals surface area contributed by atoms with Gasteiger partial charge in [-0.1, -0.05) is 0 Å². The number of aromatic amines is 2. The summed E-state index contributed by atoms with van der Waals surface area (Å²) in [4.78, 5) is 30.3. The molecule has 0 radical (unpaired) electrons. The van der Waals surface area contributed by atoms with Crippen LogP contribution in [0.25, 0.3) is 0 Å². The van der Waals surface area contributed by atoms with Crippen LogP contribution in [0.1, 0.15) is 17.3 Å². The summed E-state index contributed by atoms with van der Waals surface area (Å²) in [6, 6.07) is 0.437. The summed E-state index contributed by atoms with van der Waals surface area (Å²) in [5.41, 5.74) is 0.867. The lowest BCUT2D eigenvalue weighted by Crippen LogP contribution is -2.57. The highest BCUT2D eigenvalue weighted by molar-refractivity contribution is 5.27. The van der Waals surface area contributed by atoms with Crippen molar-refractivity contribution in [1.29, 1.82) is 0 Å². The van der Waals surface area contributed by atoms with Gasteiger partial charge in [0.2, 0.25) is 0 Å². The number of likely N-dealkylation sites (N-methyl/N-ethyl adjacent to an activating group) is 1. The summed E-state index contributed by atoms with van der Waals surface area (Å²) in [6.45, 7) is 1.66. The Morgan fingerprint density at radius 2 is 2.06 bits per heavy atom. The minimum Gasteiger partial charge on any atom is -0.313 e. The molecule has 2 aliphatic heterocycles. The summed E-state index contributed by atoms with van der Waals surface area (Å²) in [5, 5.41) is 3.31. The summed E-state index contributed by atoms with van der Waals surface area (Å²) in [5.74, 6) is 0. The quantitative estimate of drug-likeness (QED) is 0.502. The molecular formula is C10H14N4O2. The number of hydrogen-bond acceptors (Lipinski definition) is 4. The van der Waals surface area contributed by atoms with Gasteiger partial charge in [0.25, 0.3) is 5.56 Å². The molecule has 2 aliphatic rings. The molecule has 16 heavy (non-hydrogen) atoms. The first-order valence-electron chi connectivity index (χ1n) is 5.45. The number of nitrogens with zero attached hydrogens (tertiary/aromatic N) is 1. The fraction of sp³-hybridized carbons (Fsp3) is 0.600. The van der Waals surface area contributed by atoms with Crippen LogP contribution in [-0.2, 0) is 6.42 Å². The predicted octanol–water partition coefficient (Wildman–Crippen LogP) is -1.44. The topological polar surface area (TPSA) is 81.0 Å². The van der Waals surface area contributed by atoms with Gasteiger partial charge in [-0.15, -0.1) is 0 Å². The van der Waals surface area contributed by atoms with Crippen molar-refractivity contribution in [3.05, 3.63) is 32.1 Å². The van der Waals surface area contributed by atoms with Gasteiger partial charge < -0.3 is 10.3 Å². The summed E-state index contributed by atoms with van der Waals surface area (Å²) >= 11 is 0. The maximum absolute atomic E-state index is 11.8. The van der Waals surface area contributed by atoms with E-state index in [4.69, 9.17) is 0 Å². The molecule has 1 fully saturated rings. The molecule has 0 aliphatic carbocycles. The fourth-order valence-corrected chi connectivity index (χ4v) is 2.74. The molecule has 0 spiro atoms. The van der Waals surface area contributed by atoms with E-state index in [0.29, 0.717) is 11.6 Å². The highest BCUT2D eigenvalue weighted by atomic mass is 16.2. The molecule has 6 heteroatoms. The molecule has 2 atom stereocenters. The van der Waals surface area contributed by atoms with Crippen LogP contribution in [0.5, 0.6) is 0 Å².